The van der Waals surface area contributed by atoms with Crippen LogP contribution < -0.4 is 15.8 Å². The third kappa shape index (κ3) is 3.51. The maximum absolute atomic E-state index is 5.78. The monoisotopic (exact) mass is 276 g/mol. The maximum atomic E-state index is 5.78. The van der Waals surface area contributed by atoms with Gasteiger partial charge in [-0.25, -0.2) is 0 Å². The molecule has 0 bridgehead atoms. The normalized spacial score (nSPS) is 10.2. The van der Waals surface area contributed by atoms with Crippen molar-refractivity contribution >= 4 is 23.5 Å². The van der Waals surface area contributed by atoms with Gasteiger partial charge in [-0.05, 0) is 25.3 Å². The molecule has 0 atom stereocenters. The number of aromatic nitrogens is 2. The molecule has 5 nitrogen and oxygen atoms in total. The van der Waals surface area contributed by atoms with Gasteiger partial charge in [0.2, 0.25) is 11.8 Å². The molecule has 0 spiro atoms. The Balaban J connectivity index is 2.27. The van der Waals surface area contributed by atoms with Crippen molar-refractivity contribution in [2.45, 2.75) is 11.8 Å². The summed E-state index contributed by atoms with van der Waals surface area (Å²) in [5.74, 6) is 2.04. The molecule has 100 valence electrons. The molecule has 0 aliphatic rings. The van der Waals surface area contributed by atoms with Crippen LogP contribution in [-0.2, 0) is 0 Å². The second kappa shape index (κ2) is 6.29. The van der Waals surface area contributed by atoms with Crippen LogP contribution in [0.2, 0.25) is 0 Å². The zero-order valence-corrected chi connectivity index (χ0v) is 11.7. The van der Waals surface area contributed by atoms with Gasteiger partial charge in [-0.2, -0.15) is 9.97 Å². The summed E-state index contributed by atoms with van der Waals surface area (Å²) in [5, 5.41) is 3.09. The number of nitrogen functional groups attached to an aromatic ring is 1. The Morgan fingerprint density at radius 2 is 2.11 bits per heavy atom. The lowest BCUT2D eigenvalue weighted by atomic mass is 10.3. The average molecular weight is 276 g/mol. The molecule has 0 saturated heterocycles. The Bertz CT molecular complexity index is 562. The summed E-state index contributed by atoms with van der Waals surface area (Å²) in [6, 6.07) is 9.52. The number of nitrogens with zero attached hydrogens (tertiary/aromatic N) is 2. The lowest BCUT2D eigenvalue weighted by Crippen LogP contribution is -2.04. The largest absolute Gasteiger partial charge is 0.438 e. The van der Waals surface area contributed by atoms with E-state index in [9.17, 15) is 0 Å². The van der Waals surface area contributed by atoms with Crippen LogP contribution >= 0.6 is 11.8 Å². The van der Waals surface area contributed by atoms with E-state index in [1.165, 1.54) is 0 Å². The molecule has 1 aromatic heterocycles. The van der Waals surface area contributed by atoms with Crippen LogP contribution in [0.15, 0.2) is 35.2 Å². The van der Waals surface area contributed by atoms with Crippen molar-refractivity contribution in [3.63, 3.8) is 0 Å². The fourth-order valence-electron chi connectivity index (χ4n) is 1.58. The van der Waals surface area contributed by atoms with E-state index >= 15 is 0 Å². The Morgan fingerprint density at radius 3 is 2.84 bits per heavy atom. The molecule has 0 aliphatic carbocycles. The van der Waals surface area contributed by atoms with E-state index in [-0.39, 0.29) is 5.95 Å². The van der Waals surface area contributed by atoms with Crippen LogP contribution in [0.4, 0.5) is 11.8 Å². The van der Waals surface area contributed by atoms with Gasteiger partial charge in [0.25, 0.3) is 0 Å². The summed E-state index contributed by atoms with van der Waals surface area (Å²) in [7, 11) is 0. The summed E-state index contributed by atoms with van der Waals surface area (Å²) in [4.78, 5) is 9.21. The minimum Gasteiger partial charge on any atom is -0.438 e. The average Bonchev–Trinajstić information content (AvgIpc) is 2.39. The van der Waals surface area contributed by atoms with Crippen LogP contribution in [0.1, 0.15) is 6.92 Å². The van der Waals surface area contributed by atoms with Gasteiger partial charge in [-0.1, -0.05) is 12.1 Å². The van der Waals surface area contributed by atoms with Crippen molar-refractivity contribution in [1.82, 2.24) is 9.97 Å². The first-order valence-corrected chi connectivity index (χ1v) is 7.14. The summed E-state index contributed by atoms with van der Waals surface area (Å²) in [5.41, 5.74) is 5.67. The molecule has 0 aliphatic heterocycles. The number of hydrogen-bond acceptors (Lipinski definition) is 6. The molecule has 2 rings (SSSR count). The number of ether oxygens (including phenoxy) is 1. The van der Waals surface area contributed by atoms with Crippen molar-refractivity contribution < 1.29 is 4.74 Å². The van der Waals surface area contributed by atoms with E-state index in [2.05, 4.69) is 15.3 Å². The summed E-state index contributed by atoms with van der Waals surface area (Å²) < 4.78 is 5.78. The molecule has 0 unspecified atom stereocenters. The van der Waals surface area contributed by atoms with E-state index in [0.717, 1.165) is 17.2 Å². The number of benzene rings is 1. The predicted octanol–water partition coefficient (Wildman–Crippen LogP) is 3.00. The number of nitrogens with two attached hydrogens (primary N) is 1. The highest BCUT2D eigenvalue weighted by atomic mass is 32.2. The van der Waals surface area contributed by atoms with Crippen molar-refractivity contribution in [2.75, 3.05) is 23.9 Å². The number of nitrogens with one attached hydrogen (secondary N) is 1. The first-order valence-electron chi connectivity index (χ1n) is 5.92. The van der Waals surface area contributed by atoms with Crippen molar-refractivity contribution in [3.05, 3.63) is 30.3 Å². The number of thioether (sulfide) groups is 1. The minimum absolute atomic E-state index is 0.190. The molecule has 1 heterocycles. The topological polar surface area (TPSA) is 73.1 Å². The summed E-state index contributed by atoms with van der Waals surface area (Å²) >= 11 is 1.62. The van der Waals surface area contributed by atoms with Crippen LogP contribution in [0, 0.1) is 0 Å². The van der Waals surface area contributed by atoms with Gasteiger partial charge >= 0.3 is 0 Å². The molecular formula is C13H16N4OS. The third-order valence-electron chi connectivity index (χ3n) is 2.36. The molecule has 0 saturated carbocycles. The fourth-order valence-corrected chi connectivity index (χ4v) is 2.11. The van der Waals surface area contributed by atoms with Gasteiger partial charge < -0.3 is 15.8 Å². The molecule has 1 aromatic carbocycles. The highest BCUT2D eigenvalue weighted by Gasteiger charge is 2.07. The highest BCUT2D eigenvalue weighted by molar-refractivity contribution is 7.98. The molecule has 0 amide bonds. The van der Waals surface area contributed by atoms with Gasteiger partial charge in [0.15, 0.2) is 0 Å². The van der Waals surface area contributed by atoms with Gasteiger partial charge in [0.1, 0.15) is 11.6 Å². The quantitative estimate of drug-likeness (QED) is 0.818. The Kier molecular flexibility index (Phi) is 4.46. The smallest absolute Gasteiger partial charge is 0.226 e. The molecule has 0 radical (unpaired) electrons. The Morgan fingerprint density at radius 1 is 1.32 bits per heavy atom. The molecule has 19 heavy (non-hydrogen) atoms. The zero-order valence-electron chi connectivity index (χ0n) is 10.9. The molecular weight excluding hydrogens is 260 g/mol. The van der Waals surface area contributed by atoms with Crippen LogP contribution in [-0.4, -0.2) is 22.8 Å². The number of para-hydroxylation sites is 1. The second-order valence-electron chi connectivity index (χ2n) is 3.73. The zero-order chi connectivity index (χ0) is 13.7. The number of hydrogen-bond donors (Lipinski definition) is 2. The fraction of sp³-hybridized carbons (Fsp3) is 0.231. The minimum atomic E-state index is 0.190. The van der Waals surface area contributed by atoms with Crippen molar-refractivity contribution in [2.24, 2.45) is 0 Å². The molecule has 3 N–H and O–H groups in total. The van der Waals surface area contributed by atoms with Crippen LogP contribution in [0.3, 0.4) is 0 Å². The van der Waals surface area contributed by atoms with Gasteiger partial charge in [-0.15, -0.1) is 11.8 Å². The molecule has 0 fully saturated rings. The van der Waals surface area contributed by atoms with Gasteiger partial charge in [0.05, 0.1) is 0 Å². The first kappa shape index (κ1) is 13.5. The maximum Gasteiger partial charge on any atom is 0.226 e. The lowest BCUT2D eigenvalue weighted by Gasteiger charge is -2.10. The lowest BCUT2D eigenvalue weighted by molar-refractivity contribution is 0.452. The number of anilines is 2. The predicted molar refractivity (Wildman–Crippen MR) is 78.9 cm³/mol. The van der Waals surface area contributed by atoms with Crippen LogP contribution in [0.5, 0.6) is 11.6 Å². The van der Waals surface area contributed by atoms with E-state index < -0.39 is 0 Å². The van der Waals surface area contributed by atoms with E-state index in [1.807, 2.05) is 37.4 Å². The van der Waals surface area contributed by atoms with Crippen molar-refractivity contribution in [1.29, 1.82) is 0 Å². The highest BCUT2D eigenvalue weighted by Crippen LogP contribution is 2.31. The standard InChI is InChI=1S/C13H16N4OS/c1-3-15-11-8-12(17-13(14)16-11)18-9-6-4-5-7-10(9)19-2/h4-8H,3H2,1-2H3,(H3,14,15,16,17). The van der Waals surface area contributed by atoms with Gasteiger partial charge in [-0.3, -0.25) is 0 Å². The number of rotatable bonds is 5. The Labute approximate surface area is 116 Å². The molecule has 2 aromatic rings. The SMILES string of the molecule is CCNc1cc(Oc2ccccc2SC)nc(N)n1. The summed E-state index contributed by atoms with van der Waals surface area (Å²) in [6.45, 7) is 2.75. The van der Waals surface area contributed by atoms with Gasteiger partial charge in [0, 0.05) is 17.5 Å². The van der Waals surface area contributed by atoms with E-state index in [0.29, 0.717) is 11.7 Å². The summed E-state index contributed by atoms with van der Waals surface area (Å²) in [6.07, 6.45) is 2.00. The Hall–Kier alpha value is -1.95. The third-order valence-corrected chi connectivity index (χ3v) is 3.14. The first-order chi connectivity index (χ1) is 9.22. The van der Waals surface area contributed by atoms with E-state index in [4.69, 9.17) is 10.5 Å². The molecule has 6 heteroatoms. The second-order valence-corrected chi connectivity index (χ2v) is 4.58. The van der Waals surface area contributed by atoms with E-state index in [1.54, 1.807) is 17.8 Å². The van der Waals surface area contributed by atoms with Crippen LogP contribution in [0.25, 0.3) is 0 Å². The van der Waals surface area contributed by atoms with Crippen molar-refractivity contribution in [3.8, 4) is 11.6 Å².